The first-order chi connectivity index (χ1) is 17.6. The van der Waals surface area contributed by atoms with E-state index in [-0.39, 0.29) is 51.6 Å². The highest BCUT2D eigenvalue weighted by molar-refractivity contribution is 7.89. The average molecular weight is 548 g/mol. The van der Waals surface area contributed by atoms with E-state index in [0.29, 0.717) is 11.3 Å². The minimum atomic E-state index is -3.80. The number of aromatic amines is 1. The van der Waals surface area contributed by atoms with Gasteiger partial charge in [-0.3, -0.25) is 9.78 Å². The van der Waals surface area contributed by atoms with Crippen LogP contribution in [0.5, 0.6) is 11.5 Å². The van der Waals surface area contributed by atoms with Crippen LogP contribution >= 0.6 is 11.6 Å². The number of aromatic nitrogens is 2. The summed E-state index contributed by atoms with van der Waals surface area (Å²) in [7, 11) is -2.40. The Kier molecular flexibility index (Phi) is 9.03. The number of halogens is 1. The van der Waals surface area contributed by atoms with E-state index in [4.69, 9.17) is 21.1 Å². The van der Waals surface area contributed by atoms with E-state index < -0.39 is 16.0 Å². The highest BCUT2D eigenvalue weighted by atomic mass is 35.5. The summed E-state index contributed by atoms with van der Waals surface area (Å²) in [5.74, 6) is -0.351. The Bertz CT molecular complexity index is 1490. The Hall–Kier alpha value is -3.74. The molecule has 0 bridgehead atoms. The molecule has 0 fully saturated rings. The number of rotatable bonds is 10. The van der Waals surface area contributed by atoms with Crippen molar-refractivity contribution in [2.45, 2.75) is 25.7 Å². The summed E-state index contributed by atoms with van der Waals surface area (Å²) in [5, 5.41) is 4.07. The van der Waals surface area contributed by atoms with Crippen LogP contribution in [0.3, 0.4) is 0 Å². The molecule has 0 saturated carbocycles. The van der Waals surface area contributed by atoms with Crippen molar-refractivity contribution >= 4 is 39.8 Å². The molecular formula is C24H26ClN5O6S. The molecule has 3 aromatic rings. The number of methoxy groups -OCH3 is 1. The largest absolute Gasteiger partial charge is 0.493 e. The molecule has 37 heavy (non-hydrogen) atoms. The van der Waals surface area contributed by atoms with Gasteiger partial charge in [0.15, 0.2) is 11.5 Å². The zero-order valence-electron chi connectivity index (χ0n) is 20.6. The van der Waals surface area contributed by atoms with Crippen LogP contribution in [-0.2, 0) is 10.0 Å². The Morgan fingerprint density at radius 1 is 1.16 bits per heavy atom. The standard InChI is InChI=1S/C24H26ClN5O6S/c1-5-30(6-2)37(33,34)17-8-9-19(25)18(13-17)23(32)36-20-10-7-16(12-21(20)35-4)14-26-29-24-27-15(3)11-22(31)28-24/h7-14H,5-6H2,1-4H3,(H2,27,28,29,31)/b26-14+. The number of hydrogen-bond acceptors (Lipinski definition) is 9. The molecule has 2 aromatic carbocycles. The zero-order valence-corrected chi connectivity index (χ0v) is 22.2. The Labute approximate surface area is 219 Å². The van der Waals surface area contributed by atoms with E-state index >= 15 is 0 Å². The monoisotopic (exact) mass is 547 g/mol. The van der Waals surface area contributed by atoms with Crippen molar-refractivity contribution < 1.29 is 22.7 Å². The van der Waals surface area contributed by atoms with Crippen LogP contribution in [0, 0.1) is 6.92 Å². The number of H-pyrrole nitrogens is 1. The lowest BCUT2D eigenvalue weighted by Gasteiger charge is -2.19. The first-order valence-electron chi connectivity index (χ1n) is 11.2. The number of nitrogens with zero attached hydrogens (tertiary/aromatic N) is 3. The lowest BCUT2D eigenvalue weighted by Crippen LogP contribution is -2.30. The molecule has 0 saturated heterocycles. The molecule has 196 valence electrons. The molecule has 1 heterocycles. The topological polar surface area (TPSA) is 143 Å². The predicted octanol–water partition coefficient (Wildman–Crippen LogP) is 3.44. The maximum Gasteiger partial charge on any atom is 0.345 e. The number of carbonyl (C=O) groups is 1. The summed E-state index contributed by atoms with van der Waals surface area (Å²) in [5.41, 5.74) is 3.33. The molecule has 11 nitrogen and oxygen atoms in total. The fraction of sp³-hybridized carbons (Fsp3) is 0.250. The predicted molar refractivity (Wildman–Crippen MR) is 140 cm³/mol. The second-order valence-corrected chi connectivity index (χ2v) is 9.98. The first-order valence-corrected chi connectivity index (χ1v) is 13.0. The number of nitrogens with one attached hydrogen (secondary N) is 2. The number of ether oxygens (including phenoxy) is 2. The molecule has 3 rings (SSSR count). The quantitative estimate of drug-likeness (QED) is 0.170. The molecule has 0 atom stereocenters. The van der Waals surface area contributed by atoms with E-state index in [1.54, 1.807) is 32.9 Å². The summed E-state index contributed by atoms with van der Waals surface area (Å²) in [6.45, 7) is 5.70. The number of anilines is 1. The Morgan fingerprint density at radius 3 is 2.54 bits per heavy atom. The number of benzene rings is 2. The molecule has 0 amide bonds. The van der Waals surface area contributed by atoms with Crippen molar-refractivity contribution in [1.82, 2.24) is 14.3 Å². The van der Waals surface area contributed by atoms with E-state index in [9.17, 15) is 18.0 Å². The van der Waals surface area contributed by atoms with E-state index in [2.05, 4.69) is 20.5 Å². The van der Waals surface area contributed by atoms with Gasteiger partial charge < -0.3 is 9.47 Å². The van der Waals surface area contributed by atoms with E-state index in [0.717, 1.165) is 0 Å². The second kappa shape index (κ2) is 12.0. The molecule has 0 aliphatic rings. The number of hydrazone groups is 1. The number of esters is 1. The van der Waals surface area contributed by atoms with Crippen molar-refractivity contribution in [2.24, 2.45) is 5.10 Å². The molecule has 0 spiro atoms. The average Bonchev–Trinajstić information content (AvgIpc) is 2.85. The van der Waals surface area contributed by atoms with Gasteiger partial charge in [-0.2, -0.15) is 9.41 Å². The normalized spacial score (nSPS) is 11.6. The highest BCUT2D eigenvalue weighted by Crippen LogP contribution is 2.30. The van der Waals surface area contributed by atoms with Gasteiger partial charge in [0.05, 0.1) is 28.8 Å². The van der Waals surface area contributed by atoms with Crippen molar-refractivity contribution in [2.75, 3.05) is 25.6 Å². The van der Waals surface area contributed by atoms with Crippen molar-refractivity contribution in [3.63, 3.8) is 0 Å². The van der Waals surface area contributed by atoms with Gasteiger partial charge in [0, 0.05) is 24.8 Å². The van der Waals surface area contributed by atoms with Crippen LogP contribution in [0.1, 0.15) is 35.5 Å². The van der Waals surface area contributed by atoms with Gasteiger partial charge >= 0.3 is 5.97 Å². The maximum atomic E-state index is 12.9. The lowest BCUT2D eigenvalue weighted by molar-refractivity contribution is 0.0729. The number of aryl methyl sites for hydroxylation is 1. The summed E-state index contributed by atoms with van der Waals surface area (Å²) in [4.78, 5) is 31.0. The third-order valence-corrected chi connectivity index (χ3v) is 7.52. The van der Waals surface area contributed by atoms with Crippen LogP contribution in [0.25, 0.3) is 0 Å². The summed E-state index contributed by atoms with van der Waals surface area (Å²) >= 11 is 6.19. The summed E-state index contributed by atoms with van der Waals surface area (Å²) in [6.07, 6.45) is 1.45. The Morgan fingerprint density at radius 2 is 1.89 bits per heavy atom. The number of sulfonamides is 1. The number of carbonyl (C=O) groups excluding carboxylic acids is 1. The molecule has 0 aliphatic carbocycles. The van der Waals surface area contributed by atoms with E-state index in [1.165, 1.54) is 48.0 Å². The van der Waals surface area contributed by atoms with Crippen molar-refractivity contribution in [3.8, 4) is 11.5 Å². The van der Waals surface area contributed by atoms with Crippen molar-refractivity contribution in [1.29, 1.82) is 0 Å². The minimum Gasteiger partial charge on any atom is -0.493 e. The molecule has 0 radical (unpaired) electrons. The fourth-order valence-electron chi connectivity index (χ4n) is 3.34. The third kappa shape index (κ3) is 6.73. The molecule has 0 unspecified atom stereocenters. The van der Waals surface area contributed by atoms with Gasteiger partial charge in [-0.25, -0.2) is 23.6 Å². The highest BCUT2D eigenvalue weighted by Gasteiger charge is 2.25. The molecule has 0 aliphatic heterocycles. The van der Waals surface area contributed by atoms with Gasteiger partial charge in [-0.15, -0.1) is 0 Å². The van der Waals surface area contributed by atoms with Gasteiger partial charge in [-0.1, -0.05) is 25.4 Å². The molecule has 2 N–H and O–H groups in total. The second-order valence-electron chi connectivity index (χ2n) is 7.64. The molecule has 1 aromatic heterocycles. The van der Waals surface area contributed by atoms with Crippen molar-refractivity contribution in [3.05, 3.63) is 74.7 Å². The van der Waals surface area contributed by atoms with Crippen LogP contribution in [0.2, 0.25) is 5.02 Å². The third-order valence-electron chi connectivity index (χ3n) is 5.15. The minimum absolute atomic E-state index is 0.0418. The van der Waals surface area contributed by atoms with Crippen LogP contribution in [0.15, 0.2) is 57.3 Å². The van der Waals surface area contributed by atoms with Gasteiger partial charge in [0.2, 0.25) is 16.0 Å². The van der Waals surface area contributed by atoms with Crippen LogP contribution in [0.4, 0.5) is 5.95 Å². The number of hydrogen-bond donors (Lipinski definition) is 2. The Balaban J connectivity index is 1.81. The molecule has 13 heteroatoms. The summed E-state index contributed by atoms with van der Waals surface area (Å²) < 4.78 is 37.8. The van der Waals surface area contributed by atoms with Gasteiger partial charge in [0.1, 0.15) is 0 Å². The van der Waals surface area contributed by atoms with E-state index in [1.807, 2.05) is 0 Å². The maximum absolute atomic E-state index is 12.9. The summed E-state index contributed by atoms with van der Waals surface area (Å²) in [6, 6.07) is 9.92. The molecular weight excluding hydrogens is 522 g/mol. The van der Waals surface area contributed by atoms with Gasteiger partial charge in [0.25, 0.3) is 5.56 Å². The zero-order chi connectivity index (χ0) is 27.2. The first kappa shape index (κ1) is 27.8. The lowest BCUT2D eigenvalue weighted by atomic mass is 10.2. The van der Waals surface area contributed by atoms with Crippen LogP contribution in [-0.4, -0.2) is 55.1 Å². The van der Waals surface area contributed by atoms with Crippen LogP contribution < -0.4 is 20.5 Å². The smallest absolute Gasteiger partial charge is 0.345 e. The van der Waals surface area contributed by atoms with Gasteiger partial charge in [-0.05, 0) is 48.9 Å². The SMILES string of the molecule is CCN(CC)S(=O)(=O)c1ccc(Cl)c(C(=O)Oc2ccc(/C=N/Nc3nc(C)cc(=O)[nH]3)cc2OC)c1. The fourth-order valence-corrected chi connectivity index (χ4v) is 5.02.